The molecule has 0 aromatic heterocycles. The lowest BCUT2D eigenvalue weighted by molar-refractivity contribution is -0.383. The molecule has 0 saturated carbocycles. The van der Waals surface area contributed by atoms with Crippen molar-refractivity contribution in [1.82, 2.24) is 9.80 Å². The highest BCUT2D eigenvalue weighted by Crippen LogP contribution is 2.32. The first kappa shape index (κ1) is 19.2. The van der Waals surface area contributed by atoms with E-state index in [4.69, 9.17) is 10.8 Å². The Balaban J connectivity index is 1.57. The van der Waals surface area contributed by atoms with Crippen molar-refractivity contribution in [3.8, 4) is 0 Å². The maximum absolute atomic E-state index is 12.5. The number of piperidine rings is 1. The van der Waals surface area contributed by atoms with Gasteiger partial charge in [-0.1, -0.05) is 0 Å². The number of fused-ring (bicyclic) bond motifs is 1. The highest BCUT2D eigenvalue weighted by molar-refractivity contribution is 6.22. The van der Waals surface area contributed by atoms with Crippen LogP contribution in [-0.2, 0) is 0 Å². The quantitative estimate of drug-likeness (QED) is 0.317. The summed E-state index contributed by atoms with van der Waals surface area (Å²) in [5.41, 5.74) is 5.36. The Kier molecular flexibility index (Phi) is 5.71. The second kappa shape index (κ2) is 8.01. The summed E-state index contributed by atoms with van der Waals surface area (Å²) in [7, 11) is 0. The zero-order valence-corrected chi connectivity index (χ0v) is 15.1. The van der Waals surface area contributed by atoms with E-state index in [1.165, 1.54) is 6.07 Å². The molecule has 146 valence electrons. The maximum Gasteiger partial charge on any atom is 0.292 e. The molecular formula is C18H24N4O5. The number of nitro groups is 1. The lowest BCUT2D eigenvalue weighted by atomic mass is 9.92. The van der Waals surface area contributed by atoms with Crippen LogP contribution >= 0.6 is 0 Å². The molecule has 0 bridgehead atoms. The molecule has 2 heterocycles. The molecule has 0 atom stereocenters. The van der Waals surface area contributed by atoms with Gasteiger partial charge in [-0.3, -0.25) is 24.6 Å². The van der Waals surface area contributed by atoms with Gasteiger partial charge >= 0.3 is 0 Å². The predicted octanol–water partition coefficient (Wildman–Crippen LogP) is 1.26. The standard InChI is InChI=1S/C18H24N4O5/c19-15-10-13-14(11-16(15)22(26)27)18(25)21(17(13)24)5-1-2-12-3-6-20(7-4-12)8-9-23/h10-12,23H,1-9,19H2. The molecule has 1 aromatic carbocycles. The number of imide groups is 1. The Morgan fingerprint density at radius 2 is 1.78 bits per heavy atom. The number of aliphatic hydroxyl groups excluding tert-OH is 1. The molecule has 3 rings (SSSR count). The summed E-state index contributed by atoms with van der Waals surface area (Å²) in [4.78, 5) is 38.7. The van der Waals surface area contributed by atoms with E-state index in [9.17, 15) is 19.7 Å². The topological polar surface area (TPSA) is 130 Å². The van der Waals surface area contributed by atoms with E-state index in [1.807, 2.05) is 0 Å². The summed E-state index contributed by atoms with van der Waals surface area (Å²) in [6.45, 7) is 3.10. The fourth-order valence-electron chi connectivity index (χ4n) is 3.88. The number of aliphatic hydroxyl groups is 1. The Morgan fingerprint density at radius 3 is 2.37 bits per heavy atom. The third-order valence-electron chi connectivity index (χ3n) is 5.43. The van der Waals surface area contributed by atoms with Gasteiger partial charge in [0.15, 0.2) is 0 Å². The molecule has 2 amide bonds. The van der Waals surface area contributed by atoms with Crippen LogP contribution in [0.15, 0.2) is 12.1 Å². The lowest BCUT2D eigenvalue weighted by Gasteiger charge is -2.31. The number of nitrogens with zero attached hydrogens (tertiary/aromatic N) is 3. The summed E-state index contributed by atoms with van der Waals surface area (Å²) in [6, 6.07) is 2.33. The van der Waals surface area contributed by atoms with Gasteiger partial charge in [-0.2, -0.15) is 0 Å². The van der Waals surface area contributed by atoms with Crippen molar-refractivity contribution in [2.75, 3.05) is 38.5 Å². The number of β-amino-alcohol motifs (C(OH)–C–C–N with tert-alkyl or cyclic N) is 1. The Bertz CT molecular complexity index is 758. The van der Waals surface area contributed by atoms with Crippen LogP contribution in [0.4, 0.5) is 11.4 Å². The van der Waals surface area contributed by atoms with E-state index >= 15 is 0 Å². The largest absolute Gasteiger partial charge is 0.395 e. The maximum atomic E-state index is 12.5. The number of likely N-dealkylation sites (tertiary alicyclic amines) is 1. The van der Waals surface area contributed by atoms with E-state index in [2.05, 4.69) is 4.90 Å². The van der Waals surface area contributed by atoms with Crippen molar-refractivity contribution in [2.24, 2.45) is 5.92 Å². The molecule has 2 aliphatic rings. The fraction of sp³-hybridized carbons (Fsp3) is 0.556. The van der Waals surface area contributed by atoms with E-state index in [-0.39, 0.29) is 29.1 Å². The molecule has 1 fully saturated rings. The summed E-state index contributed by atoms with van der Waals surface area (Å²) in [5, 5.41) is 20.0. The summed E-state index contributed by atoms with van der Waals surface area (Å²) in [5.74, 6) is -0.378. The zero-order valence-electron chi connectivity index (χ0n) is 15.1. The molecule has 0 unspecified atom stereocenters. The third kappa shape index (κ3) is 3.93. The third-order valence-corrected chi connectivity index (χ3v) is 5.43. The first-order chi connectivity index (χ1) is 12.9. The summed E-state index contributed by atoms with van der Waals surface area (Å²) >= 11 is 0. The van der Waals surface area contributed by atoms with Crippen molar-refractivity contribution in [1.29, 1.82) is 0 Å². The molecule has 9 nitrogen and oxygen atoms in total. The predicted molar refractivity (Wildman–Crippen MR) is 98.4 cm³/mol. The van der Waals surface area contributed by atoms with Gasteiger partial charge in [-0.25, -0.2) is 0 Å². The van der Waals surface area contributed by atoms with Gasteiger partial charge in [0.25, 0.3) is 17.5 Å². The Hall–Kier alpha value is -2.52. The number of amides is 2. The zero-order chi connectivity index (χ0) is 19.6. The van der Waals surface area contributed by atoms with Gasteiger partial charge in [0.2, 0.25) is 0 Å². The van der Waals surface area contributed by atoms with Crippen LogP contribution in [-0.4, -0.2) is 64.4 Å². The normalized spacial score (nSPS) is 18.2. The van der Waals surface area contributed by atoms with Crippen molar-refractivity contribution in [2.45, 2.75) is 25.7 Å². The van der Waals surface area contributed by atoms with Crippen molar-refractivity contribution < 1.29 is 19.6 Å². The van der Waals surface area contributed by atoms with E-state index in [0.717, 1.165) is 43.3 Å². The number of nitrogens with two attached hydrogens (primary N) is 1. The van der Waals surface area contributed by atoms with Crippen LogP contribution in [0, 0.1) is 16.0 Å². The van der Waals surface area contributed by atoms with Gasteiger partial charge in [-0.15, -0.1) is 0 Å². The van der Waals surface area contributed by atoms with Gasteiger partial charge in [0, 0.05) is 19.2 Å². The van der Waals surface area contributed by atoms with Crippen LogP contribution in [0.3, 0.4) is 0 Å². The number of hydrogen-bond donors (Lipinski definition) is 2. The first-order valence-corrected chi connectivity index (χ1v) is 9.19. The average molecular weight is 376 g/mol. The average Bonchev–Trinajstić information content (AvgIpc) is 2.86. The number of carbonyl (C=O) groups is 2. The Morgan fingerprint density at radius 1 is 1.15 bits per heavy atom. The van der Waals surface area contributed by atoms with E-state index < -0.39 is 16.7 Å². The van der Waals surface area contributed by atoms with Crippen LogP contribution in [0.1, 0.15) is 46.4 Å². The molecule has 0 aliphatic carbocycles. The van der Waals surface area contributed by atoms with Gasteiger partial charge in [0.1, 0.15) is 5.69 Å². The number of nitro benzene ring substituents is 1. The smallest absolute Gasteiger partial charge is 0.292 e. The molecule has 2 aliphatic heterocycles. The van der Waals surface area contributed by atoms with E-state index in [0.29, 0.717) is 25.4 Å². The monoisotopic (exact) mass is 376 g/mol. The van der Waals surface area contributed by atoms with Gasteiger partial charge in [0.05, 0.1) is 22.7 Å². The SMILES string of the molecule is Nc1cc2c(cc1[N+](=O)[O-])C(=O)N(CCCC1CCN(CCO)CC1)C2=O. The van der Waals surface area contributed by atoms with Crippen LogP contribution in [0.2, 0.25) is 0 Å². The van der Waals surface area contributed by atoms with Gasteiger partial charge in [-0.05, 0) is 50.8 Å². The number of carbonyl (C=O) groups excluding carboxylic acids is 2. The number of benzene rings is 1. The number of anilines is 1. The number of nitrogen functional groups attached to an aromatic ring is 1. The minimum absolute atomic E-state index is 0.0539. The molecule has 1 aromatic rings. The summed E-state index contributed by atoms with van der Waals surface area (Å²) in [6.07, 6.45) is 3.71. The molecule has 0 spiro atoms. The summed E-state index contributed by atoms with van der Waals surface area (Å²) < 4.78 is 0. The first-order valence-electron chi connectivity index (χ1n) is 9.19. The number of rotatable bonds is 7. The minimum atomic E-state index is -0.654. The minimum Gasteiger partial charge on any atom is -0.395 e. The van der Waals surface area contributed by atoms with Crippen LogP contribution < -0.4 is 5.73 Å². The molecule has 9 heteroatoms. The lowest BCUT2D eigenvalue weighted by Crippen LogP contribution is -2.36. The second-order valence-electron chi connectivity index (χ2n) is 7.13. The highest BCUT2D eigenvalue weighted by atomic mass is 16.6. The molecular weight excluding hydrogens is 352 g/mol. The van der Waals surface area contributed by atoms with Crippen LogP contribution in [0.25, 0.3) is 0 Å². The van der Waals surface area contributed by atoms with Crippen molar-refractivity contribution in [3.63, 3.8) is 0 Å². The molecule has 0 radical (unpaired) electrons. The molecule has 1 saturated heterocycles. The van der Waals surface area contributed by atoms with Gasteiger partial charge < -0.3 is 15.7 Å². The Labute approximate surface area is 156 Å². The molecule has 27 heavy (non-hydrogen) atoms. The van der Waals surface area contributed by atoms with Crippen molar-refractivity contribution >= 4 is 23.2 Å². The highest BCUT2D eigenvalue weighted by Gasteiger charge is 2.37. The number of hydrogen-bond acceptors (Lipinski definition) is 7. The molecule has 3 N–H and O–H groups in total. The van der Waals surface area contributed by atoms with Crippen molar-refractivity contribution in [3.05, 3.63) is 33.4 Å². The van der Waals surface area contributed by atoms with Crippen LogP contribution in [0.5, 0.6) is 0 Å². The fourth-order valence-corrected chi connectivity index (χ4v) is 3.88. The van der Waals surface area contributed by atoms with E-state index in [1.54, 1.807) is 0 Å². The second-order valence-corrected chi connectivity index (χ2v) is 7.13.